The van der Waals surface area contributed by atoms with Crippen molar-refractivity contribution >= 4 is 0 Å². The van der Waals surface area contributed by atoms with Gasteiger partial charge in [-0.25, -0.2) is 0 Å². The Morgan fingerprint density at radius 1 is 0.750 bits per heavy atom. The topological polar surface area (TPSA) is 86.6 Å². The van der Waals surface area contributed by atoms with Crippen LogP contribution in [0.1, 0.15) is 23.3 Å². The number of hydrogen-bond acceptors (Lipinski definition) is 7. The van der Waals surface area contributed by atoms with E-state index in [2.05, 4.69) is 0 Å². The van der Waals surface area contributed by atoms with Crippen LogP contribution in [0.15, 0.2) is 30.3 Å². The van der Waals surface area contributed by atoms with Crippen molar-refractivity contribution in [2.75, 3.05) is 34.5 Å². The first-order valence-electron chi connectivity index (χ1n) is 9.12. The maximum atomic E-state index is 10.2. The summed E-state index contributed by atoms with van der Waals surface area (Å²) in [5, 5.41) is 20.0. The maximum Gasteiger partial charge on any atom is 0.200 e. The van der Waals surface area contributed by atoms with E-state index >= 15 is 0 Å². The van der Waals surface area contributed by atoms with Crippen LogP contribution in [0.3, 0.4) is 0 Å². The highest BCUT2D eigenvalue weighted by atomic mass is 16.5. The Hall–Kier alpha value is -2.64. The molecule has 2 fully saturated rings. The molecular weight excluding hydrogens is 364 g/mol. The molecule has 2 saturated heterocycles. The van der Waals surface area contributed by atoms with Gasteiger partial charge in [-0.15, -0.1) is 0 Å². The minimum atomic E-state index is -0.183. The predicted octanol–water partition coefficient (Wildman–Crippen LogP) is 3.20. The van der Waals surface area contributed by atoms with Gasteiger partial charge in [-0.1, -0.05) is 6.07 Å². The quantitative estimate of drug-likeness (QED) is 0.813. The van der Waals surface area contributed by atoms with Crippen LogP contribution in [0.25, 0.3) is 0 Å². The highest BCUT2D eigenvalue weighted by Crippen LogP contribution is 2.52. The lowest BCUT2D eigenvalue weighted by Gasteiger charge is -2.19. The van der Waals surface area contributed by atoms with Crippen molar-refractivity contribution in [3.8, 4) is 28.7 Å². The Morgan fingerprint density at radius 3 is 1.79 bits per heavy atom. The van der Waals surface area contributed by atoms with Gasteiger partial charge < -0.3 is 33.9 Å². The van der Waals surface area contributed by atoms with Gasteiger partial charge in [0.1, 0.15) is 0 Å². The molecule has 0 amide bonds. The Morgan fingerprint density at radius 2 is 1.25 bits per heavy atom. The molecule has 2 aromatic carbocycles. The van der Waals surface area contributed by atoms with Crippen molar-refractivity contribution in [2.24, 2.45) is 11.8 Å². The van der Waals surface area contributed by atoms with Crippen LogP contribution in [0.2, 0.25) is 0 Å². The molecule has 2 N–H and O–H groups in total. The number of hydrogen-bond donors (Lipinski definition) is 2. The van der Waals surface area contributed by atoms with Crippen LogP contribution in [0.4, 0.5) is 0 Å². The van der Waals surface area contributed by atoms with E-state index < -0.39 is 0 Å². The number of phenols is 2. The third kappa shape index (κ3) is 3.00. The van der Waals surface area contributed by atoms with E-state index in [1.165, 1.54) is 21.3 Å². The summed E-state index contributed by atoms with van der Waals surface area (Å²) in [7, 11) is 4.53. The van der Waals surface area contributed by atoms with Gasteiger partial charge in [-0.3, -0.25) is 0 Å². The molecule has 2 heterocycles. The molecule has 7 nitrogen and oxygen atoms in total. The lowest BCUT2D eigenvalue weighted by Crippen LogP contribution is -2.14. The number of phenolic OH excluding ortho intramolecular Hbond substituents is 2. The molecule has 2 aromatic rings. The number of ether oxygens (including phenoxy) is 5. The van der Waals surface area contributed by atoms with Gasteiger partial charge in [-0.05, 0) is 35.4 Å². The Balaban J connectivity index is 1.61. The highest BCUT2D eigenvalue weighted by Gasteiger charge is 2.48. The lowest BCUT2D eigenvalue weighted by molar-refractivity contribution is 0.0191. The van der Waals surface area contributed by atoms with Gasteiger partial charge in [0.25, 0.3) is 0 Å². The molecule has 28 heavy (non-hydrogen) atoms. The zero-order chi connectivity index (χ0) is 19.8. The summed E-state index contributed by atoms with van der Waals surface area (Å²) in [6, 6.07) is 8.84. The molecule has 4 atom stereocenters. The predicted molar refractivity (Wildman–Crippen MR) is 100 cm³/mol. The zero-order valence-electron chi connectivity index (χ0n) is 16.0. The van der Waals surface area contributed by atoms with Crippen molar-refractivity contribution in [3.05, 3.63) is 41.5 Å². The lowest BCUT2D eigenvalue weighted by atomic mass is 9.85. The molecule has 2 aliphatic rings. The zero-order valence-corrected chi connectivity index (χ0v) is 16.0. The first kappa shape index (κ1) is 18.7. The number of aromatic hydroxyl groups is 2. The molecule has 0 bridgehead atoms. The van der Waals surface area contributed by atoms with E-state index in [0.29, 0.717) is 30.5 Å². The van der Waals surface area contributed by atoms with Gasteiger partial charge in [0.15, 0.2) is 23.0 Å². The molecule has 0 radical (unpaired) electrons. The Bertz CT molecular complexity index is 841. The van der Waals surface area contributed by atoms with Crippen LogP contribution >= 0.6 is 0 Å². The summed E-state index contributed by atoms with van der Waals surface area (Å²) >= 11 is 0. The van der Waals surface area contributed by atoms with Crippen molar-refractivity contribution in [1.29, 1.82) is 0 Å². The highest BCUT2D eigenvalue weighted by molar-refractivity contribution is 5.53. The van der Waals surface area contributed by atoms with Gasteiger partial charge in [-0.2, -0.15) is 0 Å². The molecule has 4 rings (SSSR count). The van der Waals surface area contributed by atoms with E-state index in [1.807, 2.05) is 12.1 Å². The second-order valence-corrected chi connectivity index (χ2v) is 7.04. The summed E-state index contributed by atoms with van der Waals surface area (Å²) < 4.78 is 28.0. The molecule has 150 valence electrons. The first-order valence-corrected chi connectivity index (χ1v) is 9.12. The first-order chi connectivity index (χ1) is 13.6. The minimum Gasteiger partial charge on any atom is -0.504 e. The average molecular weight is 388 g/mol. The number of benzene rings is 2. The van der Waals surface area contributed by atoms with Crippen LogP contribution in [-0.4, -0.2) is 44.8 Å². The molecule has 2 aliphatic heterocycles. The molecule has 0 spiro atoms. The summed E-state index contributed by atoms with van der Waals surface area (Å²) in [4.78, 5) is 0. The SMILES string of the molecule is COc1cc([C@@H]2OC[C@H]3[C@H]2CO[C@@H]3c2cc(OC)c(O)c(OC)c2)ccc1O. The Kier molecular flexibility index (Phi) is 4.95. The van der Waals surface area contributed by atoms with Crippen molar-refractivity contribution in [3.63, 3.8) is 0 Å². The second-order valence-electron chi connectivity index (χ2n) is 7.04. The molecule has 0 aromatic heterocycles. The fraction of sp³-hybridized carbons (Fsp3) is 0.429. The van der Waals surface area contributed by atoms with Crippen LogP contribution in [0, 0.1) is 11.8 Å². The number of methoxy groups -OCH3 is 3. The fourth-order valence-corrected chi connectivity index (χ4v) is 4.18. The van der Waals surface area contributed by atoms with Crippen LogP contribution in [0.5, 0.6) is 28.7 Å². The van der Waals surface area contributed by atoms with Gasteiger partial charge in [0.2, 0.25) is 5.75 Å². The largest absolute Gasteiger partial charge is 0.504 e. The second kappa shape index (κ2) is 7.41. The fourth-order valence-electron chi connectivity index (χ4n) is 4.18. The number of fused-ring (bicyclic) bond motifs is 1. The monoisotopic (exact) mass is 388 g/mol. The summed E-state index contributed by atoms with van der Waals surface area (Å²) in [5.74, 6) is 1.52. The molecule has 0 saturated carbocycles. The third-order valence-electron chi connectivity index (χ3n) is 5.63. The molecule has 0 aliphatic carbocycles. The normalized spacial score (nSPS) is 26.1. The van der Waals surface area contributed by atoms with Crippen LogP contribution in [-0.2, 0) is 9.47 Å². The smallest absolute Gasteiger partial charge is 0.200 e. The number of rotatable bonds is 5. The van der Waals surface area contributed by atoms with Crippen molar-refractivity contribution < 1.29 is 33.9 Å². The van der Waals surface area contributed by atoms with E-state index in [0.717, 1.165) is 11.1 Å². The van der Waals surface area contributed by atoms with Gasteiger partial charge >= 0.3 is 0 Å². The van der Waals surface area contributed by atoms with E-state index in [-0.39, 0.29) is 35.5 Å². The summed E-state index contributed by atoms with van der Waals surface area (Å²) in [5.41, 5.74) is 1.83. The molecular formula is C21H24O7. The third-order valence-corrected chi connectivity index (χ3v) is 5.63. The van der Waals surface area contributed by atoms with Crippen molar-refractivity contribution in [2.45, 2.75) is 12.2 Å². The van der Waals surface area contributed by atoms with E-state index in [9.17, 15) is 10.2 Å². The average Bonchev–Trinajstić information content (AvgIpc) is 3.31. The standard InChI is InChI=1S/C21H24O7/c1-24-16-6-11(4-5-15(16)22)20-13-9-28-21(14(13)10-27-20)12-7-17(25-2)19(23)18(8-12)26-3/h4-8,13-14,20-23H,9-10H2,1-3H3/t13-,14+,20+,21-/m1/s1. The minimum absolute atomic E-state index is 0.0277. The Labute approximate surface area is 163 Å². The van der Waals surface area contributed by atoms with Gasteiger partial charge in [0, 0.05) is 11.8 Å². The summed E-state index contributed by atoms with van der Waals surface area (Å²) in [6.07, 6.45) is -0.317. The van der Waals surface area contributed by atoms with Crippen molar-refractivity contribution in [1.82, 2.24) is 0 Å². The van der Waals surface area contributed by atoms with E-state index in [1.54, 1.807) is 18.2 Å². The summed E-state index contributed by atoms with van der Waals surface area (Å²) in [6.45, 7) is 1.10. The van der Waals surface area contributed by atoms with E-state index in [4.69, 9.17) is 23.7 Å². The van der Waals surface area contributed by atoms with Crippen LogP contribution < -0.4 is 14.2 Å². The maximum absolute atomic E-state index is 10.2. The van der Waals surface area contributed by atoms with Gasteiger partial charge in [0.05, 0.1) is 46.8 Å². The molecule has 7 heteroatoms. The molecule has 0 unspecified atom stereocenters.